The van der Waals surface area contributed by atoms with Crippen LogP contribution in [0.25, 0.3) is 0 Å². The molecule has 1 heterocycles. The lowest BCUT2D eigenvalue weighted by atomic mass is 9.76. The van der Waals surface area contributed by atoms with Crippen molar-refractivity contribution in [2.75, 3.05) is 12.4 Å². The van der Waals surface area contributed by atoms with Crippen LogP contribution in [0, 0.1) is 16.4 Å². The number of aliphatic imine (C=N–C) groups is 1. The van der Waals surface area contributed by atoms with Crippen molar-refractivity contribution in [2.45, 2.75) is 31.9 Å². The van der Waals surface area contributed by atoms with Crippen LogP contribution in [0.3, 0.4) is 0 Å². The molecule has 6 heteroatoms. The summed E-state index contributed by atoms with van der Waals surface area (Å²) in [5, 5.41) is 4.53. The van der Waals surface area contributed by atoms with E-state index in [1.54, 1.807) is 7.11 Å². The van der Waals surface area contributed by atoms with Gasteiger partial charge in [0, 0.05) is 22.8 Å². The molecule has 0 fully saturated rings. The highest BCUT2D eigenvalue weighted by Crippen LogP contribution is 2.50. The van der Waals surface area contributed by atoms with Gasteiger partial charge in [-0.25, -0.2) is 0 Å². The average molecular weight is 661 g/mol. The number of hydrogen-bond donors (Lipinski definition) is 1. The van der Waals surface area contributed by atoms with Gasteiger partial charge in [-0.2, -0.15) is 0 Å². The van der Waals surface area contributed by atoms with Crippen molar-refractivity contribution in [3.63, 3.8) is 0 Å². The molecule has 1 aliphatic carbocycles. The minimum absolute atomic E-state index is 0.277. The Labute approximate surface area is 254 Å². The van der Waals surface area contributed by atoms with Gasteiger partial charge in [0.2, 0.25) is 0 Å². The molecule has 4 aromatic carbocycles. The summed E-state index contributed by atoms with van der Waals surface area (Å²) in [7, 11) is 1.66. The Morgan fingerprint density at radius 3 is 2.60 bits per heavy atom. The molecule has 0 bridgehead atoms. The molecule has 0 radical (unpaired) electrons. The highest BCUT2D eigenvalue weighted by atomic mass is 127. The average Bonchev–Trinajstić information content (AvgIpc) is 3.47. The second-order valence-electron chi connectivity index (χ2n) is 10.4. The maximum absolute atomic E-state index is 6.10. The molecule has 0 spiro atoms. The van der Waals surface area contributed by atoms with Crippen LogP contribution in [0.15, 0.2) is 96.0 Å². The van der Waals surface area contributed by atoms with Gasteiger partial charge >= 0.3 is 0 Å². The molecular formula is C34H30ClIN2O2. The Morgan fingerprint density at radius 2 is 1.82 bits per heavy atom. The van der Waals surface area contributed by atoms with Crippen molar-refractivity contribution in [3.8, 4) is 11.5 Å². The Kier molecular flexibility index (Phi) is 7.85. The third-order valence-electron chi connectivity index (χ3n) is 7.68. The lowest BCUT2D eigenvalue weighted by molar-refractivity contribution is 0.282. The number of aryl methyl sites for hydroxylation is 1. The number of anilines is 1. The van der Waals surface area contributed by atoms with E-state index in [0.717, 1.165) is 32.6 Å². The number of hydrogen-bond acceptors (Lipinski definition) is 4. The number of fused-ring (bicyclic) bond motifs is 3. The fourth-order valence-electron chi connectivity index (χ4n) is 5.65. The molecule has 0 unspecified atom stereocenters. The smallest absolute Gasteiger partial charge is 0.174 e. The second kappa shape index (κ2) is 11.7. The van der Waals surface area contributed by atoms with E-state index in [2.05, 4.69) is 95.5 Å². The van der Waals surface area contributed by atoms with Crippen LogP contribution < -0.4 is 14.8 Å². The van der Waals surface area contributed by atoms with E-state index >= 15 is 0 Å². The zero-order valence-corrected chi connectivity index (χ0v) is 25.3. The number of ether oxygens (including phenoxy) is 2. The lowest BCUT2D eigenvalue weighted by Gasteiger charge is -2.37. The van der Waals surface area contributed by atoms with Crippen LogP contribution >= 0.6 is 34.2 Å². The maximum Gasteiger partial charge on any atom is 0.174 e. The monoisotopic (exact) mass is 660 g/mol. The summed E-state index contributed by atoms with van der Waals surface area (Å²) in [5.41, 5.74) is 8.17. The van der Waals surface area contributed by atoms with E-state index in [4.69, 9.17) is 26.1 Å². The largest absolute Gasteiger partial charge is 0.493 e. The number of nitrogens with zero attached hydrogens (tertiary/aromatic N) is 1. The first-order valence-electron chi connectivity index (χ1n) is 13.4. The zero-order chi connectivity index (χ0) is 27.6. The van der Waals surface area contributed by atoms with Crippen molar-refractivity contribution in [2.24, 2.45) is 10.9 Å². The highest BCUT2D eigenvalue weighted by Gasteiger charge is 2.37. The van der Waals surface area contributed by atoms with Crippen LogP contribution in [0.2, 0.25) is 5.02 Å². The number of methoxy groups -OCH3 is 1. The predicted octanol–water partition coefficient (Wildman–Crippen LogP) is 9.42. The van der Waals surface area contributed by atoms with Crippen molar-refractivity contribution >= 4 is 51.8 Å². The molecule has 202 valence electrons. The van der Waals surface area contributed by atoms with Gasteiger partial charge in [-0.1, -0.05) is 65.7 Å². The molecule has 1 N–H and O–H groups in total. The van der Waals surface area contributed by atoms with Gasteiger partial charge in [0.05, 0.1) is 22.4 Å². The fraction of sp³-hybridized carbons (Fsp3) is 0.206. The highest BCUT2D eigenvalue weighted by molar-refractivity contribution is 14.1. The Morgan fingerprint density at radius 1 is 1.02 bits per heavy atom. The number of allylic oxidation sites excluding steroid dienone is 2. The van der Waals surface area contributed by atoms with Gasteiger partial charge in [0.25, 0.3) is 0 Å². The number of nitrogens with one attached hydrogen (secondary N) is 1. The van der Waals surface area contributed by atoms with Crippen LogP contribution in [0.1, 0.15) is 46.2 Å². The number of rotatable bonds is 7. The third-order valence-corrected chi connectivity index (χ3v) is 8.73. The van der Waals surface area contributed by atoms with Crippen molar-refractivity contribution in [1.29, 1.82) is 0 Å². The first-order chi connectivity index (χ1) is 19.5. The topological polar surface area (TPSA) is 42.8 Å². The minimum atomic E-state index is 0.277. The van der Waals surface area contributed by atoms with Gasteiger partial charge in [0.15, 0.2) is 11.5 Å². The van der Waals surface area contributed by atoms with Crippen LogP contribution in [-0.2, 0) is 6.61 Å². The quantitative estimate of drug-likeness (QED) is 0.122. The summed E-state index contributed by atoms with van der Waals surface area (Å²) in [4.78, 5) is 4.75. The zero-order valence-electron chi connectivity index (χ0n) is 22.4. The third kappa shape index (κ3) is 5.63. The number of halogens is 2. The molecule has 0 aromatic heterocycles. The van der Waals surface area contributed by atoms with Crippen molar-refractivity contribution in [3.05, 3.63) is 127 Å². The van der Waals surface area contributed by atoms with Crippen LogP contribution in [0.4, 0.5) is 11.4 Å². The second-order valence-corrected chi connectivity index (χ2v) is 12.0. The van der Waals surface area contributed by atoms with Crippen molar-refractivity contribution < 1.29 is 9.47 Å². The SMILES string of the molecule is COc1cc(C=Nc2ccc([C@@H]3Nc4ccc(C)cc4[C@@H]4C=CC[C@@H]43)cc2)cc(I)c1OCc1ccc(Cl)cc1. The first kappa shape index (κ1) is 26.9. The molecule has 3 atom stereocenters. The molecule has 4 aromatic rings. The summed E-state index contributed by atoms with van der Waals surface area (Å²) in [6.07, 6.45) is 7.69. The van der Waals surface area contributed by atoms with E-state index in [1.807, 2.05) is 36.5 Å². The van der Waals surface area contributed by atoms with E-state index < -0.39 is 0 Å². The molecule has 40 heavy (non-hydrogen) atoms. The maximum atomic E-state index is 6.10. The summed E-state index contributed by atoms with van der Waals surface area (Å²) in [6.45, 7) is 2.60. The molecule has 4 nitrogen and oxygen atoms in total. The van der Waals surface area contributed by atoms with Gasteiger partial charge < -0.3 is 14.8 Å². The van der Waals surface area contributed by atoms with Crippen molar-refractivity contribution in [1.82, 2.24) is 0 Å². The Hall–Kier alpha value is -3.29. The minimum Gasteiger partial charge on any atom is -0.493 e. The van der Waals surface area contributed by atoms with E-state index in [-0.39, 0.29) is 6.04 Å². The van der Waals surface area contributed by atoms with Gasteiger partial charge in [-0.15, -0.1) is 0 Å². The van der Waals surface area contributed by atoms with Gasteiger partial charge in [0.1, 0.15) is 6.61 Å². The molecule has 6 rings (SSSR count). The molecule has 0 saturated heterocycles. The molecule has 0 amide bonds. The Bertz CT molecular complexity index is 1580. The van der Waals surface area contributed by atoms with Crippen LogP contribution in [-0.4, -0.2) is 13.3 Å². The normalized spacial score (nSPS) is 19.2. The lowest BCUT2D eigenvalue weighted by Crippen LogP contribution is -2.29. The fourth-order valence-corrected chi connectivity index (χ4v) is 6.56. The van der Waals surface area contributed by atoms with Gasteiger partial charge in [-0.05, 0) is 107 Å². The molecule has 1 aliphatic heterocycles. The molecule has 0 saturated carbocycles. The summed E-state index contributed by atoms with van der Waals surface area (Å²) < 4.78 is 12.7. The van der Waals surface area contributed by atoms with Crippen LogP contribution in [0.5, 0.6) is 11.5 Å². The standard InChI is InChI=1S/C34H30ClIN2O2/c1-21-6-15-31-29(16-21)27-4-3-5-28(27)33(38-31)24-9-13-26(14-10-24)37-19-23-17-30(36)34(32(18-23)39-2)40-20-22-7-11-25(35)12-8-22/h3-4,6-19,27-28,33,38H,5,20H2,1-2H3/t27-,28+,33+/m1/s1. The molecule has 2 aliphatic rings. The van der Waals surface area contributed by atoms with E-state index in [0.29, 0.717) is 29.2 Å². The molecular weight excluding hydrogens is 631 g/mol. The predicted molar refractivity (Wildman–Crippen MR) is 173 cm³/mol. The van der Waals surface area contributed by atoms with E-state index in [9.17, 15) is 0 Å². The summed E-state index contributed by atoms with van der Waals surface area (Å²) >= 11 is 8.28. The van der Waals surface area contributed by atoms with Gasteiger partial charge in [-0.3, -0.25) is 4.99 Å². The summed E-state index contributed by atoms with van der Waals surface area (Å²) in [6, 6.07) is 27.3. The number of benzene rings is 4. The van der Waals surface area contributed by atoms with E-state index in [1.165, 1.54) is 22.4 Å². The summed E-state index contributed by atoms with van der Waals surface area (Å²) in [5.74, 6) is 2.39. The first-order valence-corrected chi connectivity index (χ1v) is 14.9. The Balaban J connectivity index is 1.16.